The average molecular weight is 340 g/mol. The first-order valence-electron chi connectivity index (χ1n) is 8.28. The molecule has 0 saturated carbocycles. The molecule has 4 nitrogen and oxygen atoms in total. The zero-order valence-corrected chi connectivity index (χ0v) is 14.9. The molecular formula is C19H22N3OS+. The van der Waals surface area contributed by atoms with E-state index in [4.69, 9.17) is 0 Å². The first kappa shape index (κ1) is 16.7. The minimum absolute atomic E-state index is 0.0301. The minimum Gasteiger partial charge on any atom is -0.326 e. The van der Waals surface area contributed by atoms with Crippen LogP contribution in [0.2, 0.25) is 0 Å². The van der Waals surface area contributed by atoms with Crippen molar-refractivity contribution >= 4 is 22.2 Å². The van der Waals surface area contributed by atoms with Crippen LogP contribution in [-0.4, -0.2) is 19.5 Å². The molecule has 2 N–H and O–H groups in total. The van der Waals surface area contributed by atoms with E-state index in [1.54, 1.807) is 11.3 Å². The van der Waals surface area contributed by atoms with Crippen molar-refractivity contribution in [1.82, 2.24) is 0 Å². The van der Waals surface area contributed by atoms with Gasteiger partial charge in [0.2, 0.25) is 0 Å². The fraction of sp³-hybridized carbons (Fsp3) is 0.368. The number of benzene rings is 1. The van der Waals surface area contributed by atoms with Crippen molar-refractivity contribution in [3.8, 4) is 6.07 Å². The molecule has 0 fully saturated rings. The lowest BCUT2D eigenvalue weighted by molar-refractivity contribution is -0.885. The predicted octanol–water partition coefficient (Wildman–Crippen LogP) is 2.07. The Morgan fingerprint density at radius 3 is 2.92 bits per heavy atom. The molecule has 1 aliphatic carbocycles. The Bertz CT molecular complexity index is 803. The van der Waals surface area contributed by atoms with Crippen molar-refractivity contribution in [3.05, 3.63) is 51.4 Å². The highest BCUT2D eigenvalue weighted by Gasteiger charge is 2.23. The number of carbonyl (C=O) groups is 1. The Hall–Kier alpha value is -2.16. The molecule has 0 saturated heterocycles. The molecule has 0 aliphatic heterocycles. The van der Waals surface area contributed by atoms with Crippen LogP contribution >= 0.6 is 11.3 Å². The number of aryl methyl sites for hydroxylation is 2. The Balaban J connectivity index is 1.62. The second-order valence-electron chi connectivity index (χ2n) is 6.46. The number of nitrogens with zero attached hydrogens (tertiary/aromatic N) is 1. The topological polar surface area (TPSA) is 57.3 Å². The summed E-state index contributed by atoms with van der Waals surface area (Å²) in [6.07, 6.45) is 3.11. The van der Waals surface area contributed by atoms with Crippen molar-refractivity contribution in [2.75, 3.05) is 18.9 Å². The lowest BCUT2D eigenvalue weighted by Gasteiger charge is -2.15. The number of nitrogens with one attached hydrogen (secondary N) is 2. The van der Waals surface area contributed by atoms with Crippen LogP contribution in [0.25, 0.3) is 0 Å². The Morgan fingerprint density at radius 1 is 1.38 bits per heavy atom. The summed E-state index contributed by atoms with van der Waals surface area (Å²) < 4.78 is 0. The van der Waals surface area contributed by atoms with Gasteiger partial charge >= 0.3 is 0 Å². The molecule has 1 heterocycles. The van der Waals surface area contributed by atoms with Gasteiger partial charge in [0.05, 0.1) is 12.6 Å². The average Bonchev–Trinajstić information content (AvgIpc) is 3.09. The van der Waals surface area contributed by atoms with Gasteiger partial charge in [-0.3, -0.25) is 4.79 Å². The Morgan fingerprint density at radius 2 is 2.17 bits per heavy atom. The molecule has 2 aromatic rings. The van der Waals surface area contributed by atoms with Gasteiger partial charge in [0.25, 0.3) is 5.91 Å². The van der Waals surface area contributed by atoms with E-state index < -0.39 is 0 Å². The number of amides is 1. The van der Waals surface area contributed by atoms with E-state index in [0.29, 0.717) is 12.1 Å². The van der Waals surface area contributed by atoms with E-state index in [0.717, 1.165) is 41.3 Å². The third-order valence-electron chi connectivity index (χ3n) is 4.50. The molecular weight excluding hydrogens is 318 g/mol. The fourth-order valence-electron chi connectivity index (χ4n) is 3.25. The molecule has 0 radical (unpaired) electrons. The van der Waals surface area contributed by atoms with Gasteiger partial charge in [0, 0.05) is 10.4 Å². The normalized spacial score (nSPS) is 14.0. The van der Waals surface area contributed by atoms with Gasteiger partial charge in [0.1, 0.15) is 17.6 Å². The number of quaternary nitrogens is 1. The van der Waals surface area contributed by atoms with Gasteiger partial charge in [-0.05, 0) is 37.3 Å². The largest absolute Gasteiger partial charge is 0.326 e. The third-order valence-corrected chi connectivity index (χ3v) is 5.71. The zero-order valence-electron chi connectivity index (χ0n) is 14.1. The second-order valence-corrected chi connectivity index (χ2v) is 7.56. The summed E-state index contributed by atoms with van der Waals surface area (Å²) >= 11 is 1.57. The first-order chi connectivity index (χ1) is 11.6. The van der Waals surface area contributed by atoms with E-state index in [1.807, 2.05) is 19.2 Å². The molecule has 0 spiro atoms. The minimum atomic E-state index is -0.0301. The monoisotopic (exact) mass is 340 g/mol. The maximum atomic E-state index is 12.4. The van der Waals surface area contributed by atoms with Crippen LogP contribution in [0.4, 0.5) is 5.00 Å². The van der Waals surface area contributed by atoms with E-state index in [1.165, 1.54) is 16.0 Å². The number of carbonyl (C=O) groups excluding carboxylic acids is 1. The molecule has 1 amide bonds. The summed E-state index contributed by atoms with van der Waals surface area (Å²) in [5.74, 6) is -0.0301. The van der Waals surface area contributed by atoms with Gasteiger partial charge in [-0.15, -0.1) is 11.3 Å². The maximum absolute atomic E-state index is 12.4. The Kier molecular flexibility index (Phi) is 4.98. The standard InChI is InChI=1S/C19H21N3OS/c1-13-6-3-4-7-14(13)11-22(2)12-18(23)21-19-16(10-20)15-8-5-9-17(15)24-19/h3-4,6-7H,5,8-9,11-12H2,1-2H3,(H,21,23)/p+1. The Labute approximate surface area is 146 Å². The van der Waals surface area contributed by atoms with Gasteiger partial charge in [-0.25, -0.2) is 0 Å². The van der Waals surface area contributed by atoms with Crippen LogP contribution in [0.3, 0.4) is 0 Å². The number of rotatable bonds is 5. The number of nitriles is 1. The zero-order chi connectivity index (χ0) is 17.1. The summed E-state index contributed by atoms with van der Waals surface area (Å²) in [6.45, 7) is 3.29. The third kappa shape index (κ3) is 3.50. The number of likely N-dealkylation sites (N-methyl/N-ethyl adjacent to an activating group) is 1. The molecule has 0 bridgehead atoms. The highest BCUT2D eigenvalue weighted by atomic mass is 32.1. The van der Waals surface area contributed by atoms with Crippen LogP contribution in [0.1, 0.15) is 33.6 Å². The van der Waals surface area contributed by atoms with Crippen LogP contribution in [0.15, 0.2) is 24.3 Å². The van der Waals surface area contributed by atoms with E-state index in [-0.39, 0.29) is 5.91 Å². The van der Waals surface area contributed by atoms with Crippen molar-refractivity contribution in [1.29, 1.82) is 5.26 Å². The fourth-order valence-corrected chi connectivity index (χ4v) is 4.51. The molecule has 124 valence electrons. The summed E-state index contributed by atoms with van der Waals surface area (Å²) in [5.41, 5.74) is 4.34. The first-order valence-corrected chi connectivity index (χ1v) is 9.10. The molecule has 1 atom stereocenters. The van der Waals surface area contributed by atoms with Gasteiger partial charge in [-0.1, -0.05) is 24.3 Å². The molecule has 1 aromatic carbocycles. The number of fused-ring (bicyclic) bond motifs is 1. The van der Waals surface area contributed by atoms with Crippen molar-refractivity contribution in [2.45, 2.75) is 32.7 Å². The summed E-state index contributed by atoms with van der Waals surface area (Å²) in [7, 11) is 2.02. The highest BCUT2D eigenvalue weighted by Crippen LogP contribution is 2.38. The number of hydrogen-bond acceptors (Lipinski definition) is 3. The van der Waals surface area contributed by atoms with E-state index in [2.05, 4.69) is 30.4 Å². The number of anilines is 1. The summed E-state index contributed by atoms with van der Waals surface area (Å²) in [5, 5.41) is 13.1. The second kappa shape index (κ2) is 7.16. The maximum Gasteiger partial charge on any atom is 0.280 e. The number of hydrogen-bond donors (Lipinski definition) is 2. The van der Waals surface area contributed by atoms with Crippen molar-refractivity contribution in [2.24, 2.45) is 0 Å². The summed E-state index contributed by atoms with van der Waals surface area (Å²) in [4.78, 5) is 14.8. The van der Waals surface area contributed by atoms with Gasteiger partial charge in [-0.2, -0.15) is 5.26 Å². The van der Waals surface area contributed by atoms with E-state index >= 15 is 0 Å². The summed E-state index contributed by atoms with van der Waals surface area (Å²) in [6, 6.07) is 10.5. The number of thiophene rings is 1. The quantitative estimate of drug-likeness (QED) is 0.875. The SMILES string of the molecule is Cc1ccccc1C[NH+](C)CC(=O)Nc1sc2c(c1C#N)CCC2. The molecule has 24 heavy (non-hydrogen) atoms. The van der Waals surface area contributed by atoms with Crippen LogP contribution < -0.4 is 10.2 Å². The van der Waals surface area contributed by atoms with Crippen molar-refractivity contribution in [3.63, 3.8) is 0 Å². The van der Waals surface area contributed by atoms with Crippen LogP contribution in [-0.2, 0) is 24.2 Å². The lowest BCUT2D eigenvalue weighted by atomic mass is 10.1. The van der Waals surface area contributed by atoms with Crippen molar-refractivity contribution < 1.29 is 9.69 Å². The van der Waals surface area contributed by atoms with Gasteiger partial charge < -0.3 is 10.2 Å². The lowest BCUT2D eigenvalue weighted by Crippen LogP contribution is -3.08. The molecule has 5 heteroatoms. The van der Waals surface area contributed by atoms with E-state index in [9.17, 15) is 10.1 Å². The predicted molar refractivity (Wildman–Crippen MR) is 96.3 cm³/mol. The highest BCUT2D eigenvalue weighted by molar-refractivity contribution is 7.16. The van der Waals surface area contributed by atoms with Gasteiger partial charge in [0.15, 0.2) is 6.54 Å². The smallest absolute Gasteiger partial charge is 0.280 e. The van der Waals surface area contributed by atoms with Crippen LogP contribution in [0.5, 0.6) is 0 Å². The molecule has 1 aliphatic rings. The van der Waals surface area contributed by atoms with Crippen LogP contribution in [0, 0.1) is 18.3 Å². The molecule has 1 unspecified atom stereocenters. The molecule has 3 rings (SSSR count). The molecule has 1 aromatic heterocycles.